The zero-order chi connectivity index (χ0) is 14.0. The van der Waals surface area contributed by atoms with E-state index in [1.54, 1.807) is 0 Å². The van der Waals surface area contributed by atoms with Crippen LogP contribution in [0.3, 0.4) is 0 Å². The van der Waals surface area contributed by atoms with Crippen molar-refractivity contribution in [3.8, 4) is 0 Å². The standard InChI is InChI=1S/C10H15BrN4O3S/c11-7-5-9(10(14-12)13-6-7)19(17,18)15-3-1-8(16)2-4-15/h5-6,8,16H,1-4,12H2,(H,13,14). The van der Waals surface area contributed by atoms with Crippen molar-refractivity contribution in [1.29, 1.82) is 0 Å². The third-order valence-corrected chi connectivity index (χ3v) is 5.34. The largest absolute Gasteiger partial charge is 0.393 e. The second-order valence-corrected chi connectivity index (χ2v) is 7.10. The Labute approximate surface area is 120 Å². The molecule has 0 aliphatic carbocycles. The molecule has 1 aliphatic rings. The van der Waals surface area contributed by atoms with E-state index < -0.39 is 16.1 Å². The summed E-state index contributed by atoms with van der Waals surface area (Å²) in [5, 5.41) is 9.43. The van der Waals surface area contributed by atoms with Crippen LogP contribution >= 0.6 is 15.9 Å². The van der Waals surface area contributed by atoms with Crippen molar-refractivity contribution < 1.29 is 13.5 Å². The van der Waals surface area contributed by atoms with Crippen LogP contribution in [0.2, 0.25) is 0 Å². The smallest absolute Gasteiger partial charge is 0.246 e. The number of hydrogen-bond donors (Lipinski definition) is 3. The number of rotatable bonds is 3. The van der Waals surface area contributed by atoms with Gasteiger partial charge in [0.15, 0.2) is 5.82 Å². The fourth-order valence-corrected chi connectivity index (χ4v) is 4.03. The lowest BCUT2D eigenvalue weighted by Crippen LogP contribution is -2.40. The lowest BCUT2D eigenvalue weighted by Gasteiger charge is -2.29. The Morgan fingerprint density at radius 2 is 2.11 bits per heavy atom. The maximum absolute atomic E-state index is 12.5. The number of piperidine rings is 1. The summed E-state index contributed by atoms with van der Waals surface area (Å²) >= 11 is 3.20. The van der Waals surface area contributed by atoms with E-state index in [2.05, 4.69) is 26.3 Å². The number of sulfonamides is 1. The molecule has 106 valence electrons. The first-order valence-corrected chi connectivity index (χ1v) is 7.99. The highest BCUT2D eigenvalue weighted by Crippen LogP contribution is 2.27. The van der Waals surface area contributed by atoms with Gasteiger partial charge in [0, 0.05) is 23.8 Å². The van der Waals surface area contributed by atoms with E-state index in [9.17, 15) is 13.5 Å². The summed E-state index contributed by atoms with van der Waals surface area (Å²) in [5.41, 5.74) is 2.29. The molecule has 0 spiro atoms. The fourth-order valence-electron chi connectivity index (χ4n) is 1.95. The van der Waals surface area contributed by atoms with E-state index >= 15 is 0 Å². The molecule has 1 aliphatic heterocycles. The first-order valence-electron chi connectivity index (χ1n) is 5.75. The summed E-state index contributed by atoms with van der Waals surface area (Å²) in [4.78, 5) is 3.96. The van der Waals surface area contributed by atoms with E-state index in [4.69, 9.17) is 5.84 Å². The second kappa shape index (κ2) is 5.71. The third-order valence-electron chi connectivity index (χ3n) is 3.00. The Bertz CT molecular complexity index is 558. The van der Waals surface area contributed by atoms with Gasteiger partial charge < -0.3 is 10.5 Å². The van der Waals surface area contributed by atoms with Gasteiger partial charge in [-0.25, -0.2) is 19.2 Å². The Hall–Kier alpha value is -0.740. The molecule has 0 bridgehead atoms. The molecule has 9 heteroatoms. The van der Waals surface area contributed by atoms with Gasteiger partial charge in [0.2, 0.25) is 10.0 Å². The number of anilines is 1. The van der Waals surface area contributed by atoms with E-state index in [0.29, 0.717) is 30.4 Å². The molecule has 0 amide bonds. The van der Waals surface area contributed by atoms with Gasteiger partial charge in [-0.05, 0) is 34.8 Å². The molecule has 0 atom stereocenters. The Balaban J connectivity index is 2.36. The topological polar surface area (TPSA) is 109 Å². The summed E-state index contributed by atoms with van der Waals surface area (Å²) in [7, 11) is -3.66. The summed E-state index contributed by atoms with van der Waals surface area (Å²) < 4.78 is 26.9. The van der Waals surface area contributed by atoms with Crippen LogP contribution in [0.5, 0.6) is 0 Å². The minimum Gasteiger partial charge on any atom is -0.393 e. The number of halogens is 1. The number of aromatic nitrogens is 1. The van der Waals surface area contributed by atoms with Crippen molar-refractivity contribution in [3.63, 3.8) is 0 Å². The van der Waals surface area contributed by atoms with E-state index in [-0.39, 0.29) is 10.7 Å². The number of aliphatic hydroxyl groups is 1. The van der Waals surface area contributed by atoms with Crippen molar-refractivity contribution in [2.45, 2.75) is 23.8 Å². The number of nitrogens with two attached hydrogens (primary N) is 1. The molecule has 0 unspecified atom stereocenters. The molecular weight excluding hydrogens is 336 g/mol. The molecule has 1 aromatic rings. The van der Waals surface area contributed by atoms with Crippen LogP contribution < -0.4 is 11.3 Å². The van der Waals surface area contributed by atoms with Crippen molar-refractivity contribution in [2.75, 3.05) is 18.5 Å². The van der Waals surface area contributed by atoms with Gasteiger partial charge in [-0.3, -0.25) is 0 Å². The second-order valence-electron chi connectivity index (χ2n) is 4.28. The van der Waals surface area contributed by atoms with Crippen molar-refractivity contribution in [1.82, 2.24) is 9.29 Å². The number of hydrazine groups is 1. The van der Waals surface area contributed by atoms with E-state index in [1.807, 2.05) is 0 Å². The van der Waals surface area contributed by atoms with Crippen LogP contribution in [-0.4, -0.2) is 42.0 Å². The molecule has 2 rings (SSSR count). The van der Waals surface area contributed by atoms with Crippen molar-refractivity contribution >= 4 is 31.8 Å². The zero-order valence-electron chi connectivity index (χ0n) is 10.1. The predicted octanol–water partition coefficient (Wildman–Crippen LogP) is 0.275. The molecule has 1 saturated heterocycles. The minimum absolute atomic E-state index is 0.0285. The van der Waals surface area contributed by atoms with Crippen LogP contribution in [0.15, 0.2) is 21.6 Å². The molecule has 4 N–H and O–H groups in total. The average Bonchev–Trinajstić information content (AvgIpc) is 2.39. The van der Waals surface area contributed by atoms with Crippen LogP contribution in [0.1, 0.15) is 12.8 Å². The molecule has 1 fully saturated rings. The van der Waals surface area contributed by atoms with Gasteiger partial charge in [0.25, 0.3) is 0 Å². The highest BCUT2D eigenvalue weighted by atomic mass is 79.9. The molecule has 7 nitrogen and oxygen atoms in total. The highest BCUT2D eigenvalue weighted by molar-refractivity contribution is 9.10. The van der Waals surface area contributed by atoms with Crippen LogP contribution in [-0.2, 0) is 10.0 Å². The maximum atomic E-state index is 12.5. The quantitative estimate of drug-likeness (QED) is 0.533. The predicted molar refractivity (Wildman–Crippen MR) is 73.7 cm³/mol. The molecule has 0 saturated carbocycles. The first-order chi connectivity index (χ1) is 8.95. The zero-order valence-corrected chi connectivity index (χ0v) is 12.5. The fraction of sp³-hybridized carbons (Fsp3) is 0.500. The van der Waals surface area contributed by atoms with Gasteiger partial charge in [-0.15, -0.1) is 0 Å². The average molecular weight is 351 g/mol. The van der Waals surface area contributed by atoms with Gasteiger partial charge >= 0.3 is 0 Å². The molecule has 1 aromatic heterocycles. The monoisotopic (exact) mass is 350 g/mol. The molecular formula is C10H15BrN4O3S. The minimum atomic E-state index is -3.66. The van der Waals surface area contributed by atoms with Gasteiger partial charge in [0.05, 0.1) is 6.10 Å². The first kappa shape index (κ1) is 14.7. The van der Waals surface area contributed by atoms with Crippen molar-refractivity contribution in [2.24, 2.45) is 5.84 Å². The van der Waals surface area contributed by atoms with Gasteiger partial charge in [0.1, 0.15) is 4.90 Å². The Morgan fingerprint density at radius 3 is 2.68 bits per heavy atom. The molecule has 2 heterocycles. The number of hydrogen-bond acceptors (Lipinski definition) is 6. The maximum Gasteiger partial charge on any atom is 0.246 e. The van der Waals surface area contributed by atoms with Gasteiger partial charge in [-0.1, -0.05) is 0 Å². The Morgan fingerprint density at radius 1 is 1.47 bits per heavy atom. The molecule has 0 aromatic carbocycles. The van der Waals surface area contributed by atoms with Crippen LogP contribution in [0.4, 0.5) is 5.82 Å². The van der Waals surface area contributed by atoms with Crippen LogP contribution in [0, 0.1) is 0 Å². The summed E-state index contributed by atoms with van der Waals surface area (Å²) in [6.45, 7) is 0.583. The molecule has 0 radical (unpaired) electrons. The van der Waals surface area contributed by atoms with Crippen molar-refractivity contribution in [3.05, 3.63) is 16.7 Å². The number of pyridine rings is 1. The third kappa shape index (κ3) is 3.06. The summed E-state index contributed by atoms with van der Waals surface area (Å²) in [6.07, 6.45) is 1.91. The normalized spacial score (nSPS) is 18.5. The number of nitrogen functional groups attached to an aromatic ring is 1. The Kier molecular flexibility index (Phi) is 4.41. The highest BCUT2D eigenvalue weighted by Gasteiger charge is 2.31. The SMILES string of the molecule is NNc1ncc(Br)cc1S(=O)(=O)N1CCC(O)CC1. The lowest BCUT2D eigenvalue weighted by atomic mass is 10.1. The summed E-state index contributed by atoms with van der Waals surface area (Å²) in [6, 6.07) is 1.46. The van der Waals surface area contributed by atoms with Crippen LogP contribution in [0.25, 0.3) is 0 Å². The number of aliphatic hydroxyl groups excluding tert-OH is 1. The number of nitrogens with one attached hydrogen (secondary N) is 1. The van der Waals surface area contributed by atoms with Gasteiger partial charge in [-0.2, -0.15) is 4.31 Å². The van der Waals surface area contributed by atoms with E-state index in [1.165, 1.54) is 16.6 Å². The number of nitrogens with zero attached hydrogens (tertiary/aromatic N) is 2. The summed E-state index contributed by atoms with van der Waals surface area (Å²) in [5.74, 6) is 5.40. The lowest BCUT2D eigenvalue weighted by molar-refractivity contribution is 0.113. The molecule has 19 heavy (non-hydrogen) atoms. The van der Waals surface area contributed by atoms with E-state index in [0.717, 1.165) is 0 Å².